The van der Waals surface area contributed by atoms with Gasteiger partial charge in [-0.1, -0.05) is 60.2 Å². The first-order valence-electron chi connectivity index (χ1n) is 10.4. The zero-order valence-electron chi connectivity index (χ0n) is 17.5. The first-order chi connectivity index (χ1) is 14.4. The summed E-state index contributed by atoms with van der Waals surface area (Å²) in [6, 6.07) is 17.1. The third-order valence-electron chi connectivity index (χ3n) is 6.05. The molecule has 2 aromatic rings. The Morgan fingerprint density at radius 3 is 2.33 bits per heavy atom. The highest BCUT2D eigenvalue weighted by atomic mass is 16.2. The maximum Gasteiger partial charge on any atom is 0.249 e. The van der Waals surface area contributed by atoms with Gasteiger partial charge in [-0.2, -0.15) is 0 Å². The fourth-order valence-corrected chi connectivity index (χ4v) is 4.59. The van der Waals surface area contributed by atoms with E-state index in [2.05, 4.69) is 42.7 Å². The number of hydrogen-bond acceptors (Lipinski definition) is 5. The van der Waals surface area contributed by atoms with Gasteiger partial charge < -0.3 is 4.90 Å². The minimum absolute atomic E-state index is 0.0686. The minimum atomic E-state index is -1.11. The molecule has 0 aliphatic carbocycles. The van der Waals surface area contributed by atoms with E-state index in [1.165, 1.54) is 0 Å². The number of hydrogen-bond donors (Lipinski definition) is 1. The predicted octanol–water partition coefficient (Wildman–Crippen LogP) is 2.07. The molecule has 2 aliphatic heterocycles. The van der Waals surface area contributed by atoms with Crippen molar-refractivity contribution in [1.82, 2.24) is 15.3 Å². The summed E-state index contributed by atoms with van der Waals surface area (Å²) in [4.78, 5) is 39.7. The van der Waals surface area contributed by atoms with Crippen molar-refractivity contribution in [1.29, 1.82) is 0 Å². The highest BCUT2D eigenvalue weighted by molar-refractivity contribution is 6.44. The van der Waals surface area contributed by atoms with Crippen LogP contribution in [0.25, 0.3) is 0 Å². The third kappa shape index (κ3) is 3.57. The molecular formula is C24H27N3O3. The lowest BCUT2D eigenvalue weighted by Gasteiger charge is -2.50. The van der Waals surface area contributed by atoms with Gasteiger partial charge in [0.25, 0.3) is 0 Å². The van der Waals surface area contributed by atoms with Crippen molar-refractivity contribution in [3.63, 3.8) is 0 Å². The lowest BCUT2D eigenvalue weighted by molar-refractivity contribution is -0.164. The first-order valence-corrected chi connectivity index (χ1v) is 10.4. The molecule has 2 heterocycles. The Bertz CT molecular complexity index is 973. The fraction of sp³-hybridized carbons (Fsp3) is 0.375. The number of Topliss-reactive ketones (excluding diaryl/α,β-unsaturated/α-hetero) is 2. The van der Waals surface area contributed by atoms with Crippen LogP contribution in [0.15, 0.2) is 54.6 Å². The number of nitrogens with zero attached hydrogens (tertiary/aromatic N) is 2. The number of piperazine rings is 1. The number of amides is 1. The van der Waals surface area contributed by atoms with Gasteiger partial charge in [-0.05, 0) is 31.9 Å². The van der Waals surface area contributed by atoms with E-state index in [0.717, 1.165) is 16.7 Å². The van der Waals surface area contributed by atoms with E-state index in [-0.39, 0.29) is 30.5 Å². The topological polar surface area (TPSA) is 69.7 Å². The Morgan fingerprint density at radius 2 is 1.67 bits per heavy atom. The molecule has 30 heavy (non-hydrogen) atoms. The molecule has 1 N–H and O–H groups in total. The van der Waals surface area contributed by atoms with Gasteiger partial charge in [0, 0.05) is 18.5 Å². The number of hydrazine groups is 1. The number of carbonyl (C=O) groups excluding carboxylic acids is 3. The van der Waals surface area contributed by atoms with Gasteiger partial charge in [0.05, 0.1) is 12.6 Å². The fourth-order valence-electron chi connectivity index (χ4n) is 4.59. The Labute approximate surface area is 176 Å². The maximum absolute atomic E-state index is 13.1. The van der Waals surface area contributed by atoms with Crippen LogP contribution in [0.3, 0.4) is 0 Å². The van der Waals surface area contributed by atoms with Gasteiger partial charge in [0.2, 0.25) is 17.5 Å². The Balaban J connectivity index is 1.85. The summed E-state index contributed by atoms with van der Waals surface area (Å²) in [6.07, 6.45) is 0. The third-order valence-corrected chi connectivity index (χ3v) is 6.05. The predicted molar refractivity (Wildman–Crippen MR) is 114 cm³/mol. The second kappa shape index (κ2) is 8.13. The molecule has 0 radical (unpaired) electrons. The smallest absolute Gasteiger partial charge is 0.249 e. The summed E-state index contributed by atoms with van der Waals surface area (Å²) >= 11 is 0. The zero-order chi connectivity index (χ0) is 21.4. The largest absolute Gasteiger partial charge is 0.337 e. The summed E-state index contributed by atoms with van der Waals surface area (Å²) in [5.41, 5.74) is 6.47. The highest BCUT2D eigenvalue weighted by Crippen LogP contribution is 2.35. The molecule has 2 aromatic carbocycles. The molecule has 0 spiro atoms. The Morgan fingerprint density at radius 1 is 0.967 bits per heavy atom. The van der Waals surface area contributed by atoms with E-state index in [4.69, 9.17) is 0 Å². The SMILES string of the molecule is Cc1cccc(C(c2ccccc2)C2CN(C(C)C)C(=O)C3C(=O)C(=O)CNN32)c1. The van der Waals surface area contributed by atoms with Crippen LogP contribution in [0.1, 0.15) is 36.5 Å². The van der Waals surface area contributed by atoms with Crippen LogP contribution in [0.2, 0.25) is 0 Å². The molecule has 0 aromatic heterocycles. The lowest BCUT2D eigenvalue weighted by Crippen LogP contribution is -2.74. The zero-order valence-corrected chi connectivity index (χ0v) is 17.5. The lowest BCUT2D eigenvalue weighted by atomic mass is 9.81. The van der Waals surface area contributed by atoms with E-state index in [9.17, 15) is 14.4 Å². The minimum Gasteiger partial charge on any atom is -0.337 e. The van der Waals surface area contributed by atoms with Crippen molar-refractivity contribution in [3.8, 4) is 0 Å². The molecule has 3 atom stereocenters. The Hall–Kier alpha value is -2.83. The van der Waals surface area contributed by atoms with Crippen LogP contribution < -0.4 is 5.43 Å². The molecule has 2 saturated heterocycles. The van der Waals surface area contributed by atoms with Gasteiger partial charge in [-0.25, -0.2) is 10.4 Å². The number of benzene rings is 2. The molecule has 2 fully saturated rings. The van der Waals surface area contributed by atoms with Gasteiger partial charge in [-0.3, -0.25) is 14.4 Å². The summed E-state index contributed by atoms with van der Waals surface area (Å²) in [5, 5.41) is 1.74. The van der Waals surface area contributed by atoms with Crippen LogP contribution in [0, 0.1) is 6.92 Å². The van der Waals surface area contributed by atoms with Gasteiger partial charge >= 0.3 is 0 Å². The number of ketones is 2. The second-order valence-corrected chi connectivity index (χ2v) is 8.39. The summed E-state index contributed by atoms with van der Waals surface area (Å²) in [6.45, 7) is 6.33. The number of carbonyl (C=O) groups is 3. The van der Waals surface area contributed by atoms with E-state index in [1.54, 1.807) is 9.91 Å². The number of fused-ring (bicyclic) bond motifs is 1. The van der Waals surface area contributed by atoms with Crippen molar-refractivity contribution in [2.24, 2.45) is 0 Å². The molecular weight excluding hydrogens is 378 g/mol. The standard InChI is InChI=1S/C24H27N3O3/c1-15(2)26-14-19(27-22(24(26)30)23(29)20(28)13-25-27)21(17-9-5-4-6-10-17)18-11-7-8-16(3)12-18/h4-12,15,19,21-22,25H,13-14H2,1-3H3. The molecule has 0 bridgehead atoms. The van der Waals surface area contributed by atoms with Gasteiger partial charge in [-0.15, -0.1) is 0 Å². The van der Waals surface area contributed by atoms with Crippen LogP contribution in [0.4, 0.5) is 0 Å². The van der Waals surface area contributed by atoms with E-state index < -0.39 is 17.6 Å². The van der Waals surface area contributed by atoms with Crippen molar-refractivity contribution in [2.75, 3.05) is 13.1 Å². The summed E-state index contributed by atoms with van der Waals surface area (Å²) in [7, 11) is 0. The van der Waals surface area contributed by atoms with E-state index in [0.29, 0.717) is 6.54 Å². The quantitative estimate of drug-likeness (QED) is 0.623. The molecule has 2 aliphatic rings. The molecule has 3 unspecified atom stereocenters. The van der Waals surface area contributed by atoms with Crippen LogP contribution >= 0.6 is 0 Å². The van der Waals surface area contributed by atoms with Crippen LogP contribution in [-0.2, 0) is 14.4 Å². The number of aryl methyl sites for hydroxylation is 1. The normalized spacial score (nSPS) is 23.6. The Kier molecular flexibility index (Phi) is 5.54. The second-order valence-electron chi connectivity index (χ2n) is 8.39. The molecule has 4 rings (SSSR count). The average molecular weight is 405 g/mol. The van der Waals surface area contributed by atoms with Gasteiger partial charge in [0.1, 0.15) is 0 Å². The summed E-state index contributed by atoms with van der Waals surface area (Å²) in [5.74, 6) is -1.54. The monoisotopic (exact) mass is 405 g/mol. The highest BCUT2D eigenvalue weighted by Gasteiger charge is 2.51. The van der Waals surface area contributed by atoms with Crippen molar-refractivity contribution >= 4 is 17.5 Å². The molecule has 6 nitrogen and oxygen atoms in total. The van der Waals surface area contributed by atoms with E-state index >= 15 is 0 Å². The number of nitrogens with one attached hydrogen (secondary N) is 1. The first kappa shape index (κ1) is 20.4. The maximum atomic E-state index is 13.1. The molecule has 156 valence electrons. The molecule has 1 amide bonds. The summed E-state index contributed by atoms with van der Waals surface area (Å²) < 4.78 is 0. The van der Waals surface area contributed by atoms with Crippen LogP contribution in [0.5, 0.6) is 0 Å². The van der Waals surface area contributed by atoms with E-state index in [1.807, 2.05) is 38.1 Å². The number of rotatable bonds is 4. The van der Waals surface area contributed by atoms with Crippen molar-refractivity contribution in [2.45, 2.75) is 44.8 Å². The van der Waals surface area contributed by atoms with Crippen molar-refractivity contribution in [3.05, 3.63) is 71.3 Å². The average Bonchev–Trinajstić information content (AvgIpc) is 2.73. The van der Waals surface area contributed by atoms with Crippen LogP contribution in [-0.4, -0.2) is 58.6 Å². The van der Waals surface area contributed by atoms with Gasteiger partial charge in [0.15, 0.2) is 6.04 Å². The molecule has 6 heteroatoms. The molecule has 0 saturated carbocycles. The van der Waals surface area contributed by atoms with Crippen molar-refractivity contribution < 1.29 is 14.4 Å².